The van der Waals surface area contributed by atoms with Gasteiger partial charge in [-0.15, -0.1) is 0 Å². The number of rotatable bonds is 7. The SMILES string of the molecule is Cc1ccccc1C1(c2ccccc2C)OB(B2O[C@@H](c3ccccc3)C(c3ccccc3C)(c3ccccc3C)O2)O[C@H]1c1ccccc1. The topological polar surface area (TPSA) is 36.9 Å². The predicted molar refractivity (Wildman–Crippen MR) is 200 cm³/mol. The smallest absolute Gasteiger partial charge is 0.403 e. The molecule has 0 bridgehead atoms. The maximum Gasteiger partial charge on any atom is 0.489 e. The first-order valence-corrected chi connectivity index (χ1v) is 17.4. The van der Waals surface area contributed by atoms with E-state index in [4.69, 9.17) is 18.6 Å². The second kappa shape index (κ2) is 13.2. The molecule has 0 radical (unpaired) electrons. The highest BCUT2D eigenvalue weighted by atomic mass is 16.7. The van der Waals surface area contributed by atoms with E-state index in [1.165, 1.54) is 0 Å². The van der Waals surface area contributed by atoms with Gasteiger partial charge in [0.05, 0.1) is 0 Å². The van der Waals surface area contributed by atoms with Crippen molar-refractivity contribution >= 4 is 14.0 Å². The van der Waals surface area contributed by atoms with Crippen LogP contribution in [0.5, 0.6) is 0 Å². The summed E-state index contributed by atoms with van der Waals surface area (Å²) >= 11 is 0. The number of hydrogen-bond acceptors (Lipinski definition) is 4. The molecule has 0 amide bonds. The Balaban J connectivity index is 1.34. The number of benzene rings is 6. The summed E-state index contributed by atoms with van der Waals surface area (Å²) in [6.07, 6.45) is -0.990. The minimum Gasteiger partial charge on any atom is -0.403 e. The van der Waals surface area contributed by atoms with Crippen molar-refractivity contribution in [1.29, 1.82) is 0 Å². The lowest BCUT2D eigenvalue weighted by Crippen LogP contribution is -2.44. The molecular formula is C44H40B2O4. The summed E-state index contributed by atoms with van der Waals surface area (Å²) in [5, 5.41) is 0. The first-order chi connectivity index (χ1) is 24.4. The van der Waals surface area contributed by atoms with Crippen LogP contribution in [0.2, 0.25) is 0 Å². The van der Waals surface area contributed by atoms with E-state index in [9.17, 15) is 0 Å². The number of aryl methyl sites for hydroxylation is 4. The standard InChI is InChI=1S/C44H40B2O4/c1-31-19-11-15-27-37(31)43(38-28-16-12-20-32(38)2)41(35-23-7-5-8-24-35)47-45(49-43)46-48-42(36-25-9-6-10-26-36)44(50-46,39-29-17-13-21-33(39)3)40-30-18-14-22-34(40)4/h5-30,41-42H,1-4H3/t41-,42-/m0/s1. The molecule has 0 unspecified atom stereocenters. The third kappa shape index (κ3) is 5.26. The van der Waals surface area contributed by atoms with Crippen LogP contribution in [0.25, 0.3) is 0 Å². The lowest BCUT2D eigenvalue weighted by molar-refractivity contribution is 0.0706. The van der Waals surface area contributed by atoms with E-state index >= 15 is 0 Å². The molecule has 50 heavy (non-hydrogen) atoms. The summed E-state index contributed by atoms with van der Waals surface area (Å²) in [5.41, 5.74) is 8.71. The van der Waals surface area contributed by atoms with Gasteiger partial charge in [-0.25, -0.2) is 0 Å². The molecule has 2 aliphatic heterocycles. The summed E-state index contributed by atoms with van der Waals surface area (Å²) in [4.78, 5) is 0. The van der Waals surface area contributed by atoms with Crippen molar-refractivity contribution in [2.75, 3.05) is 0 Å². The van der Waals surface area contributed by atoms with Crippen molar-refractivity contribution in [2.45, 2.75) is 51.1 Å². The Morgan fingerprint density at radius 2 is 0.620 bits per heavy atom. The van der Waals surface area contributed by atoms with E-state index in [0.717, 1.165) is 55.6 Å². The van der Waals surface area contributed by atoms with Crippen LogP contribution in [0, 0.1) is 27.7 Å². The van der Waals surface area contributed by atoms with Crippen LogP contribution in [0.1, 0.15) is 67.8 Å². The second-order valence-electron chi connectivity index (χ2n) is 13.6. The molecule has 0 spiro atoms. The molecular weight excluding hydrogens is 614 g/mol. The Kier molecular flexibility index (Phi) is 8.58. The fourth-order valence-electron chi connectivity index (χ4n) is 8.19. The van der Waals surface area contributed by atoms with Crippen LogP contribution in [0.4, 0.5) is 0 Å². The highest BCUT2D eigenvalue weighted by Gasteiger charge is 2.66. The Morgan fingerprint density at radius 1 is 0.360 bits per heavy atom. The summed E-state index contributed by atoms with van der Waals surface area (Å²) < 4.78 is 29.4. The van der Waals surface area contributed by atoms with Crippen LogP contribution >= 0.6 is 0 Å². The summed E-state index contributed by atoms with van der Waals surface area (Å²) in [6, 6.07) is 54.6. The zero-order chi connectivity index (χ0) is 34.3. The second-order valence-corrected chi connectivity index (χ2v) is 13.6. The third-order valence-electron chi connectivity index (χ3n) is 10.5. The molecule has 6 heteroatoms. The van der Waals surface area contributed by atoms with Gasteiger partial charge in [0, 0.05) is 0 Å². The van der Waals surface area contributed by atoms with Crippen molar-refractivity contribution in [2.24, 2.45) is 0 Å². The Bertz CT molecular complexity index is 1870. The Hall–Kier alpha value is -4.71. The first kappa shape index (κ1) is 32.5. The predicted octanol–water partition coefficient (Wildman–Crippen LogP) is 9.74. The van der Waals surface area contributed by atoms with Crippen LogP contribution in [0.3, 0.4) is 0 Å². The van der Waals surface area contributed by atoms with Gasteiger partial charge in [-0.3, -0.25) is 0 Å². The van der Waals surface area contributed by atoms with Gasteiger partial charge in [0.15, 0.2) is 0 Å². The quantitative estimate of drug-likeness (QED) is 0.161. The van der Waals surface area contributed by atoms with E-state index in [0.29, 0.717) is 0 Å². The molecule has 246 valence electrons. The van der Waals surface area contributed by atoms with E-state index in [1.807, 2.05) is 12.1 Å². The van der Waals surface area contributed by atoms with Gasteiger partial charge in [0.25, 0.3) is 0 Å². The van der Waals surface area contributed by atoms with Crippen molar-refractivity contribution in [1.82, 2.24) is 0 Å². The lowest BCUT2D eigenvalue weighted by atomic mass is 9.49. The third-order valence-corrected chi connectivity index (χ3v) is 10.5. The zero-order valence-electron chi connectivity index (χ0n) is 29.0. The van der Waals surface area contributed by atoms with E-state index < -0.39 is 37.4 Å². The molecule has 6 aromatic carbocycles. The molecule has 6 aromatic rings. The van der Waals surface area contributed by atoms with Gasteiger partial charge < -0.3 is 18.6 Å². The lowest BCUT2D eigenvalue weighted by Gasteiger charge is -2.38. The minimum atomic E-state index is -0.992. The van der Waals surface area contributed by atoms with E-state index in [2.05, 4.69) is 173 Å². The molecule has 2 heterocycles. The molecule has 2 aliphatic rings. The summed E-state index contributed by atoms with van der Waals surface area (Å²) in [6.45, 7) is 8.57. The maximum atomic E-state index is 7.47. The van der Waals surface area contributed by atoms with Gasteiger partial charge >= 0.3 is 14.0 Å². The van der Waals surface area contributed by atoms with Gasteiger partial charge in [-0.05, 0) is 83.3 Å². The molecule has 2 saturated heterocycles. The fourth-order valence-corrected chi connectivity index (χ4v) is 8.19. The maximum absolute atomic E-state index is 7.47. The highest BCUT2D eigenvalue weighted by Crippen LogP contribution is 2.57. The van der Waals surface area contributed by atoms with Gasteiger partial charge in [-0.2, -0.15) is 0 Å². The zero-order valence-corrected chi connectivity index (χ0v) is 29.0. The normalized spacial score (nSPS) is 19.5. The van der Waals surface area contributed by atoms with Crippen molar-refractivity contribution in [3.63, 3.8) is 0 Å². The van der Waals surface area contributed by atoms with Crippen molar-refractivity contribution in [3.8, 4) is 0 Å². The molecule has 2 fully saturated rings. The largest absolute Gasteiger partial charge is 0.489 e. The van der Waals surface area contributed by atoms with Crippen LogP contribution in [-0.2, 0) is 29.8 Å². The fraction of sp³-hybridized carbons (Fsp3) is 0.182. The van der Waals surface area contributed by atoms with Crippen molar-refractivity contribution < 1.29 is 18.6 Å². The molecule has 0 aromatic heterocycles. The molecule has 0 aliphatic carbocycles. The van der Waals surface area contributed by atoms with Crippen LogP contribution in [-0.4, -0.2) is 14.0 Å². The van der Waals surface area contributed by atoms with Crippen LogP contribution < -0.4 is 0 Å². The van der Waals surface area contributed by atoms with E-state index in [-0.39, 0.29) is 0 Å². The molecule has 0 N–H and O–H groups in total. The van der Waals surface area contributed by atoms with Crippen molar-refractivity contribution in [3.05, 3.63) is 213 Å². The molecule has 0 saturated carbocycles. The monoisotopic (exact) mass is 654 g/mol. The highest BCUT2D eigenvalue weighted by molar-refractivity contribution is 7.11. The summed E-state index contributed by atoms with van der Waals surface area (Å²) in [7, 11) is -1.75. The van der Waals surface area contributed by atoms with Gasteiger partial charge in [0.2, 0.25) is 0 Å². The first-order valence-electron chi connectivity index (χ1n) is 17.4. The van der Waals surface area contributed by atoms with E-state index in [1.54, 1.807) is 0 Å². The molecule has 8 rings (SSSR count). The molecule has 2 atom stereocenters. The Morgan fingerprint density at radius 3 is 0.900 bits per heavy atom. The number of hydrogen-bond donors (Lipinski definition) is 0. The van der Waals surface area contributed by atoms with Gasteiger partial charge in [0.1, 0.15) is 23.4 Å². The van der Waals surface area contributed by atoms with Crippen LogP contribution in [0.15, 0.2) is 158 Å². The minimum absolute atomic E-state index is 0.495. The van der Waals surface area contributed by atoms with Gasteiger partial charge in [-0.1, -0.05) is 158 Å². The average molecular weight is 654 g/mol. The average Bonchev–Trinajstić information content (AvgIpc) is 3.75. The molecule has 4 nitrogen and oxygen atoms in total. The summed E-state index contributed by atoms with van der Waals surface area (Å²) in [5.74, 6) is 0. The Labute approximate surface area is 296 Å².